The minimum Gasteiger partial charge on any atom is -0.379 e. The highest BCUT2D eigenvalue weighted by molar-refractivity contribution is 7.89. The van der Waals surface area contributed by atoms with Gasteiger partial charge in [0.05, 0.1) is 38.3 Å². The van der Waals surface area contributed by atoms with E-state index < -0.39 is 10.0 Å². The smallest absolute Gasteiger partial charge is 0.262 e. The first kappa shape index (κ1) is 14.7. The molecule has 0 aromatic carbocycles. The predicted molar refractivity (Wildman–Crippen MR) is 75.1 cm³/mol. The van der Waals surface area contributed by atoms with Crippen LogP contribution in [-0.4, -0.2) is 60.8 Å². The molecule has 0 aliphatic carbocycles. The molecule has 8 heteroatoms. The number of aromatic nitrogens is 2. The lowest BCUT2D eigenvalue weighted by Gasteiger charge is -2.20. The van der Waals surface area contributed by atoms with Gasteiger partial charge in [-0.15, -0.1) is 6.58 Å². The van der Waals surface area contributed by atoms with Crippen LogP contribution in [0.4, 0.5) is 0 Å². The molecular formula is C13H19N3O4S. The Kier molecular flexibility index (Phi) is 3.87. The summed E-state index contributed by atoms with van der Waals surface area (Å²) in [6, 6.07) is -0.174. The summed E-state index contributed by atoms with van der Waals surface area (Å²) >= 11 is 0. The van der Waals surface area contributed by atoms with Crippen LogP contribution in [-0.2, 0) is 26.5 Å². The highest BCUT2D eigenvalue weighted by atomic mass is 32.2. The lowest BCUT2D eigenvalue weighted by molar-refractivity contribution is 0.0394. The van der Waals surface area contributed by atoms with Gasteiger partial charge in [0.25, 0.3) is 10.0 Å². The Bertz CT molecular complexity index is 627. The Labute approximate surface area is 124 Å². The van der Waals surface area contributed by atoms with Crippen LogP contribution < -0.4 is 0 Å². The summed E-state index contributed by atoms with van der Waals surface area (Å²) in [4.78, 5) is 3.97. The van der Waals surface area contributed by atoms with E-state index >= 15 is 0 Å². The number of hydrogen-bond donors (Lipinski definition) is 0. The number of fused-ring (bicyclic) bond motifs is 1. The lowest BCUT2D eigenvalue weighted by atomic mass is 10.0. The van der Waals surface area contributed by atoms with E-state index in [1.54, 1.807) is 17.7 Å². The number of ether oxygens (including phenoxy) is 2. The zero-order valence-electron chi connectivity index (χ0n) is 11.9. The maximum Gasteiger partial charge on any atom is 0.262 e. The van der Waals surface area contributed by atoms with E-state index in [2.05, 4.69) is 11.6 Å². The Balaban J connectivity index is 1.86. The normalized spacial score (nSPS) is 29.7. The van der Waals surface area contributed by atoms with Gasteiger partial charge in [-0.1, -0.05) is 6.08 Å². The van der Waals surface area contributed by atoms with Crippen molar-refractivity contribution in [2.75, 3.05) is 26.4 Å². The van der Waals surface area contributed by atoms with Gasteiger partial charge in [-0.3, -0.25) is 0 Å². The van der Waals surface area contributed by atoms with Crippen LogP contribution in [0.2, 0.25) is 0 Å². The van der Waals surface area contributed by atoms with Crippen LogP contribution in [0, 0.1) is 5.92 Å². The van der Waals surface area contributed by atoms with Gasteiger partial charge < -0.3 is 14.0 Å². The number of rotatable bonds is 5. The van der Waals surface area contributed by atoms with Crippen LogP contribution in [0.15, 0.2) is 30.2 Å². The number of hydrogen-bond acceptors (Lipinski definition) is 5. The maximum atomic E-state index is 12.7. The van der Waals surface area contributed by atoms with Gasteiger partial charge >= 0.3 is 0 Å². The second-order valence-corrected chi connectivity index (χ2v) is 7.22. The Morgan fingerprint density at radius 2 is 2.38 bits per heavy atom. The Morgan fingerprint density at radius 1 is 1.57 bits per heavy atom. The average molecular weight is 313 g/mol. The molecule has 0 unspecified atom stereocenters. The van der Waals surface area contributed by atoms with Crippen molar-refractivity contribution in [3.05, 3.63) is 25.2 Å². The van der Waals surface area contributed by atoms with Gasteiger partial charge in [-0.2, -0.15) is 4.31 Å². The van der Waals surface area contributed by atoms with E-state index in [4.69, 9.17) is 9.47 Å². The fourth-order valence-electron chi connectivity index (χ4n) is 2.95. The molecule has 0 amide bonds. The topological polar surface area (TPSA) is 73.7 Å². The van der Waals surface area contributed by atoms with Gasteiger partial charge in [0, 0.05) is 25.7 Å². The zero-order valence-corrected chi connectivity index (χ0v) is 12.7. The van der Waals surface area contributed by atoms with Crippen molar-refractivity contribution in [3.8, 4) is 0 Å². The molecule has 3 heterocycles. The zero-order chi connectivity index (χ0) is 15.0. The van der Waals surface area contributed by atoms with Crippen molar-refractivity contribution in [2.24, 2.45) is 13.0 Å². The second kappa shape index (κ2) is 5.53. The molecule has 0 spiro atoms. The van der Waals surface area contributed by atoms with Gasteiger partial charge in [0.15, 0.2) is 5.03 Å². The van der Waals surface area contributed by atoms with E-state index in [1.165, 1.54) is 16.8 Å². The molecule has 3 rings (SSSR count). The molecule has 2 aliphatic heterocycles. The molecule has 2 fully saturated rings. The van der Waals surface area contributed by atoms with Crippen molar-refractivity contribution in [1.82, 2.24) is 13.9 Å². The quantitative estimate of drug-likeness (QED) is 0.716. The molecular weight excluding hydrogens is 294 g/mol. The summed E-state index contributed by atoms with van der Waals surface area (Å²) in [7, 11) is -1.87. The number of sulfonamides is 1. The summed E-state index contributed by atoms with van der Waals surface area (Å²) < 4.78 is 39.7. The monoisotopic (exact) mass is 313 g/mol. The molecule has 0 saturated carbocycles. The van der Waals surface area contributed by atoms with Crippen LogP contribution >= 0.6 is 0 Å². The van der Waals surface area contributed by atoms with E-state index in [1.807, 2.05) is 0 Å². The average Bonchev–Trinajstić information content (AvgIpc) is 3.12. The minimum atomic E-state index is -3.61. The molecule has 116 valence electrons. The Hall–Kier alpha value is -1.22. The van der Waals surface area contributed by atoms with Gasteiger partial charge in [0.2, 0.25) is 0 Å². The molecule has 1 aromatic heterocycles. The number of imidazole rings is 1. The van der Waals surface area contributed by atoms with Crippen molar-refractivity contribution in [3.63, 3.8) is 0 Å². The largest absolute Gasteiger partial charge is 0.379 e. The van der Waals surface area contributed by atoms with E-state index in [0.717, 1.165) is 0 Å². The highest BCUT2D eigenvalue weighted by Gasteiger charge is 2.51. The number of nitrogens with zero attached hydrogens (tertiary/aromatic N) is 3. The SMILES string of the molecule is C=CCO[C@H]1CN(S(=O)(=O)c2cn(C)cn2)[C@H]2COC[C@@H]12. The fourth-order valence-corrected chi connectivity index (χ4v) is 4.58. The highest BCUT2D eigenvalue weighted by Crippen LogP contribution is 2.35. The standard InChI is InChI=1S/C13H19N3O4S/c1-3-4-20-12-5-16(11-8-19-7-10(11)12)21(17,18)13-6-15(2)9-14-13/h3,6,9-12H,1,4-5,7-8H2,2H3/t10-,11+,12+/m1/s1. The van der Waals surface area contributed by atoms with Crippen LogP contribution in [0.3, 0.4) is 0 Å². The molecule has 0 bridgehead atoms. The van der Waals surface area contributed by atoms with Crippen LogP contribution in [0.1, 0.15) is 0 Å². The minimum absolute atomic E-state index is 0.0695. The summed E-state index contributed by atoms with van der Waals surface area (Å²) in [6.45, 7) is 5.31. The van der Waals surface area contributed by atoms with E-state index in [-0.39, 0.29) is 23.1 Å². The summed E-state index contributed by atoms with van der Waals surface area (Å²) in [5, 5.41) is 0.0695. The molecule has 2 saturated heterocycles. The van der Waals surface area contributed by atoms with Gasteiger partial charge in [0.1, 0.15) is 0 Å². The third kappa shape index (κ3) is 2.52. The lowest BCUT2D eigenvalue weighted by Crippen LogP contribution is -2.38. The van der Waals surface area contributed by atoms with Gasteiger partial charge in [-0.25, -0.2) is 13.4 Å². The molecule has 21 heavy (non-hydrogen) atoms. The first-order chi connectivity index (χ1) is 10.0. The fraction of sp³-hybridized carbons (Fsp3) is 0.615. The van der Waals surface area contributed by atoms with Crippen molar-refractivity contribution < 1.29 is 17.9 Å². The summed E-state index contributed by atoms with van der Waals surface area (Å²) in [5.74, 6) is 0.0726. The molecule has 0 radical (unpaired) electrons. The summed E-state index contributed by atoms with van der Waals surface area (Å²) in [6.07, 6.45) is 4.50. The third-order valence-corrected chi connectivity index (χ3v) is 5.76. The van der Waals surface area contributed by atoms with Gasteiger partial charge in [-0.05, 0) is 0 Å². The molecule has 7 nitrogen and oxygen atoms in total. The van der Waals surface area contributed by atoms with Crippen LogP contribution in [0.5, 0.6) is 0 Å². The summed E-state index contributed by atoms with van der Waals surface area (Å²) in [5.41, 5.74) is 0. The molecule has 1 aromatic rings. The van der Waals surface area contributed by atoms with Crippen molar-refractivity contribution in [2.45, 2.75) is 17.2 Å². The maximum absolute atomic E-state index is 12.7. The van der Waals surface area contributed by atoms with Crippen molar-refractivity contribution in [1.29, 1.82) is 0 Å². The predicted octanol–water partition coefficient (Wildman–Crippen LogP) is 0.0106. The first-order valence-corrected chi connectivity index (χ1v) is 8.28. The van der Waals surface area contributed by atoms with Crippen LogP contribution in [0.25, 0.3) is 0 Å². The van der Waals surface area contributed by atoms with E-state index in [9.17, 15) is 8.42 Å². The second-order valence-electron chi connectivity index (χ2n) is 5.38. The number of aryl methyl sites for hydroxylation is 1. The van der Waals surface area contributed by atoms with E-state index in [0.29, 0.717) is 26.4 Å². The third-order valence-electron chi connectivity index (χ3n) is 3.98. The first-order valence-electron chi connectivity index (χ1n) is 6.84. The Morgan fingerprint density at radius 3 is 3.05 bits per heavy atom. The molecule has 3 atom stereocenters. The van der Waals surface area contributed by atoms with Crippen molar-refractivity contribution >= 4 is 10.0 Å². The molecule has 0 N–H and O–H groups in total. The molecule has 2 aliphatic rings.